The van der Waals surface area contributed by atoms with Gasteiger partial charge in [-0.05, 0) is 37.3 Å². The number of anilines is 2. The van der Waals surface area contributed by atoms with Gasteiger partial charge in [-0.1, -0.05) is 48.5 Å². The smallest absolute Gasteiger partial charge is 0.255 e. The number of hydrogen-bond donors (Lipinski definition) is 2. The molecule has 6 nitrogen and oxygen atoms in total. The molecule has 0 saturated heterocycles. The number of rotatable bonds is 7. The number of carbonyl (C=O) groups is 1. The minimum absolute atomic E-state index is 0.142. The molecule has 0 bridgehead atoms. The fourth-order valence-electron chi connectivity index (χ4n) is 3.80. The Bertz CT molecular complexity index is 1470. The lowest BCUT2D eigenvalue weighted by molar-refractivity contribution is 0.102. The van der Waals surface area contributed by atoms with Crippen molar-refractivity contribution in [1.82, 2.24) is 9.55 Å². The maximum Gasteiger partial charge on any atom is 0.255 e. The number of nitrogens with zero attached hydrogens (tertiary/aromatic N) is 3. The molecule has 3 aromatic carbocycles. The van der Waals surface area contributed by atoms with E-state index in [9.17, 15) is 4.79 Å². The molecule has 2 N–H and O–H groups in total. The summed E-state index contributed by atoms with van der Waals surface area (Å²) >= 11 is 1.48. The number of thiazole rings is 1. The summed E-state index contributed by atoms with van der Waals surface area (Å²) < 4.78 is 2.21. The number of benzene rings is 3. The summed E-state index contributed by atoms with van der Waals surface area (Å²) in [5.41, 5.74) is 8.38. The number of hydrogen-bond acceptors (Lipinski definition) is 5. The second kappa shape index (κ2) is 9.72. The Labute approximate surface area is 201 Å². The first-order valence-electron chi connectivity index (χ1n) is 11.0. The van der Waals surface area contributed by atoms with Crippen LogP contribution in [-0.2, 0) is 6.54 Å². The van der Waals surface area contributed by atoms with Crippen molar-refractivity contribution in [2.45, 2.75) is 13.5 Å². The Balaban J connectivity index is 1.28. The standard InChI is InChI=1S/C27H23N5OS/c1-2-32-17-21(23-13-6-7-14-25(23)32)16-28-31-27-30-24(18-34-27)20-11-8-12-22(15-20)29-26(33)19-9-4-3-5-10-19/h3-18H,2H2,1H3,(H,29,33)(H,30,31)/b28-16+. The first kappa shape index (κ1) is 21.6. The van der Waals surface area contributed by atoms with E-state index >= 15 is 0 Å². The van der Waals surface area contributed by atoms with Crippen LogP contribution in [0.3, 0.4) is 0 Å². The van der Waals surface area contributed by atoms with Crippen molar-refractivity contribution in [3.05, 3.63) is 102 Å². The van der Waals surface area contributed by atoms with Crippen molar-refractivity contribution in [3.63, 3.8) is 0 Å². The highest BCUT2D eigenvalue weighted by atomic mass is 32.1. The molecule has 0 spiro atoms. The van der Waals surface area contributed by atoms with Gasteiger partial charge in [-0.2, -0.15) is 5.10 Å². The van der Waals surface area contributed by atoms with Gasteiger partial charge in [0.2, 0.25) is 5.13 Å². The topological polar surface area (TPSA) is 71.3 Å². The minimum Gasteiger partial charge on any atom is -0.347 e. The van der Waals surface area contributed by atoms with E-state index in [0.717, 1.165) is 29.1 Å². The van der Waals surface area contributed by atoms with Gasteiger partial charge < -0.3 is 9.88 Å². The number of nitrogens with one attached hydrogen (secondary N) is 2. The van der Waals surface area contributed by atoms with E-state index in [0.29, 0.717) is 10.7 Å². The van der Waals surface area contributed by atoms with Crippen molar-refractivity contribution in [3.8, 4) is 11.3 Å². The Morgan fingerprint density at radius 1 is 1.06 bits per heavy atom. The van der Waals surface area contributed by atoms with E-state index in [1.54, 1.807) is 12.1 Å². The third-order valence-corrected chi connectivity index (χ3v) is 6.23. The number of hydrazone groups is 1. The summed E-state index contributed by atoms with van der Waals surface area (Å²) in [7, 11) is 0. The van der Waals surface area contributed by atoms with Crippen LogP contribution in [0.5, 0.6) is 0 Å². The van der Waals surface area contributed by atoms with Crippen LogP contribution in [0.25, 0.3) is 22.2 Å². The lowest BCUT2D eigenvalue weighted by Gasteiger charge is -2.06. The quantitative estimate of drug-likeness (QED) is 0.213. The van der Waals surface area contributed by atoms with Crippen LogP contribution in [-0.4, -0.2) is 21.7 Å². The van der Waals surface area contributed by atoms with Crippen molar-refractivity contribution >= 4 is 45.2 Å². The van der Waals surface area contributed by atoms with E-state index in [1.807, 2.05) is 66.2 Å². The molecule has 5 rings (SSSR count). The summed E-state index contributed by atoms with van der Waals surface area (Å²) in [5, 5.41) is 11.2. The molecule has 0 aliphatic rings. The van der Waals surface area contributed by atoms with E-state index in [2.05, 4.69) is 50.6 Å². The second-order valence-electron chi connectivity index (χ2n) is 7.70. The molecule has 0 unspecified atom stereocenters. The first-order chi connectivity index (χ1) is 16.7. The molecule has 0 fully saturated rings. The Morgan fingerprint density at radius 2 is 1.88 bits per heavy atom. The van der Waals surface area contributed by atoms with Gasteiger partial charge >= 0.3 is 0 Å². The van der Waals surface area contributed by atoms with Gasteiger partial charge in [-0.25, -0.2) is 4.98 Å². The van der Waals surface area contributed by atoms with E-state index < -0.39 is 0 Å². The zero-order chi connectivity index (χ0) is 23.3. The van der Waals surface area contributed by atoms with Crippen molar-refractivity contribution in [1.29, 1.82) is 0 Å². The van der Waals surface area contributed by atoms with E-state index in [4.69, 9.17) is 0 Å². The molecule has 5 aromatic rings. The summed E-state index contributed by atoms with van der Waals surface area (Å²) in [4.78, 5) is 17.1. The van der Waals surface area contributed by atoms with Crippen LogP contribution in [0.2, 0.25) is 0 Å². The highest BCUT2D eigenvalue weighted by Gasteiger charge is 2.09. The van der Waals surface area contributed by atoms with E-state index in [1.165, 1.54) is 22.2 Å². The Hall–Kier alpha value is -4.23. The minimum atomic E-state index is -0.142. The third kappa shape index (κ3) is 4.60. The lowest BCUT2D eigenvalue weighted by atomic mass is 10.1. The average Bonchev–Trinajstić information content (AvgIpc) is 3.50. The van der Waals surface area contributed by atoms with Gasteiger partial charge in [0.25, 0.3) is 5.91 Å². The molecule has 0 radical (unpaired) electrons. The average molecular weight is 466 g/mol. The van der Waals surface area contributed by atoms with Crippen LogP contribution in [0.1, 0.15) is 22.8 Å². The number of para-hydroxylation sites is 1. The fourth-order valence-corrected chi connectivity index (χ4v) is 4.47. The van der Waals surface area contributed by atoms with Gasteiger partial charge in [-0.15, -0.1) is 11.3 Å². The number of aromatic nitrogens is 2. The van der Waals surface area contributed by atoms with Crippen LogP contribution >= 0.6 is 11.3 Å². The number of carbonyl (C=O) groups excluding carboxylic acids is 1. The molecule has 2 heterocycles. The maximum absolute atomic E-state index is 12.5. The molecule has 0 aliphatic heterocycles. The van der Waals surface area contributed by atoms with Crippen molar-refractivity contribution < 1.29 is 4.79 Å². The molecule has 34 heavy (non-hydrogen) atoms. The van der Waals surface area contributed by atoms with Crippen molar-refractivity contribution in [2.24, 2.45) is 5.10 Å². The third-order valence-electron chi connectivity index (χ3n) is 5.48. The van der Waals surface area contributed by atoms with Gasteiger partial charge in [0.05, 0.1) is 11.9 Å². The van der Waals surface area contributed by atoms with Crippen LogP contribution < -0.4 is 10.7 Å². The molecule has 0 atom stereocenters. The predicted octanol–water partition coefficient (Wildman–Crippen LogP) is 6.48. The van der Waals surface area contributed by atoms with Crippen LogP contribution in [0.4, 0.5) is 10.8 Å². The summed E-state index contributed by atoms with van der Waals surface area (Å²) in [6.45, 7) is 3.04. The van der Waals surface area contributed by atoms with Crippen LogP contribution in [0, 0.1) is 0 Å². The molecule has 168 valence electrons. The molecule has 7 heteroatoms. The Kier molecular flexibility index (Phi) is 6.18. The van der Waals surface area contributed by atoms with Gasteiger partial charge in [0, 0.05) is 51.4 Å². The summed E-state index contributed by atoms with van der Waals surface area (Å²) in [6, 6.07) is 25.1. The number of aryl methyl sites for hydroxylation is 1. The SMILES string of the molecule is CCn1cc(/C=N/Nc2nc(-c3cccc(NC(=O)c4ccccc4)c3)cs2)c2ccccc21. The van der Waals surface area contributed by atoms with Gasteiger partial charge in [0.1, 0.15) is 0 Å². The van der Waals surface area contributed by atoms with Crippen LogP contribution in [0.15, 0.2) is 95.5 Å². The van der Waals surface area contributed by atoms with Crippen molar-refractivity contribution in [2.75, 3.05) is 10.7 Å². The van der Waals surface area contributed by atoms with E-state index in [-0.39, 0.29) is 5.91 Å². The molecular weight excluding hydrogens is 442 g/mol. The predicted molar refractivity (Wildman–Crippen MR) is 141 cm³/mol. The largest absolute Gasteiger partial charge is 0.347 e. The Morgan fingerprint density at radius 3 is 2.74 bits per heavy atom. The second-order valence-corrected chi connectivity index (χ2v) is 8.55. The molecule has 0 aliphatic carbocycles. The van der Waals surface area contributed by atoms with Gasteiger partial charge in [-0.3, -0.25) is 10.2 Å². The highest BCUT2D eigenvalue weighted by molar-refractivity contribution is 7.14. The number of fused-ring (bicyclic) bond motifs is 1. The molecule has 0 saturated carbocycles. The maximum atomic E-state index is 12.5. The zero-order valence-electron chi connectivity index (χ0n) is 18.6. The monoisotopic (exact) mass is 465 g/mol. The summed E-state index contributed by atoms with van der Waals surface area (Å²) in [6.07, 6.45) is 3.94. The summed E-state index contributed by atoms with van der Waals surface area (Å²) in [5.74, 6) is -0.142. The molecular formula is C27H23N5OS. The number of amides is 1. The normalized spacial score (nSPS) is 11.2. The highest BCUT2D eigenvalue weighted by Crippen LogP contribution is 2.27. The zero-order valence-corrected chi connectivity index (χ0v) is 19.4. The van der Waals surface area contributed by atoms with Gasteiger partial charge in [0.15, 0.2) is 0 Å². The lowest BCUT2D eigenvalue weighted by Crippen LogP contribution is -2.11. The first-order valence-corrected chi connectivity index (χ1v) is 11.9. The molecule has 2 aromatic heterocycles. The molecule has 1 amide bonds. The fraction of sp³-hybridized carbons (Fsp3) is 0.0741.